The monoisotopic (exact) mass is 332 g/mol. The first-order chi connectivity index (χ1) is 9.45. The molecule has 0 aliphatic carbocycles. The second-order valence-corrected chi connectivity index (χ2v) is 6.26. The molecule has 1 aromatic carbocycles. The van der Waals surface area contributed by atoms with Gasteiger partial charge in [-0.2, -0.15) is 0 Å². The van der Waals surface area contributed by atoms with Gasteiger partial charge >= 0.3 is 0 Å². The fourth-order valence-electron chi connectivity index (χ4n) is 2.25. The maximum absolute atomic E-state index is 6.13. The van der Waals surface area contributed by atoms with Crippen molar-refractivity contribution >= 4 is 46.5 Å². The molecular formula is C14H18Cl2N2OS. The fraction of sp³-hybridized carbons (Fsp3) is 0.500. The van der Waals surface area contributed by atoms with Crippen LogP contribution in [0.15, 0.2) is 12.1 Å². The molecule has 6 heteroatoms. The van der Waals surface area contributed by atoms with Gasteiger partial charge in [-0.3, -0.25) is 0 Å². The lowest BCUT2D eigenvalue weighted by molar-refractivity contribution is 0.0974. The van der Waals surface area contributed by atoms with Crippen molar-refractivity contribution in [2.75, 3.05) is 13.2 Å². The zero-order chi connectivity index (χ0) is 14.9. The summed E-state index contributed by atoms with van der Waals surface area (Å²) in [6, 6.07) is 3.82. The number of aromatic amines is 1. The summed E-state index contributed by atoms with van der Waals surface area (Å²) >= 11 is 17.6. The number of rotatable bonds is 5. The molecule has 0 aliphatic rings. The van der Waals surface area contributed by atoms with Crippen LogP contribution < -0.4 is 0 Å². The summed E-state index contributed by atoms with van der Waals surface area (Å²) < 4.78 is 8.34. The van der Waals surface area contributed by atoms with Crippen LogP contribution in [-0.2, 0) is 4.74 Å². The fourth-order valence-corrected chi connectivity index (χ4v) is 2.92. The lowest BCUT2D eigenvalue weighted by Crippen LogP contribution is -2.21. The standard InChI is InChI=1S/C14H18Cl2N2OS/c1-4-19-7-13(8(2)3)18-12-6-10(16)9(15)5-11(12)17-14(18)20/h5-6,8,13H,4,7H2,1-3H3,(H,17,20). The third-order valence-electron chi connectivity index (χ3n) is 3.35. The quantitative estimate of drug-likeness (QED) is 0.759. The first kappa shape index (κ1) is 15.8. The van der Waals surface area contributed by atoms with E-state index in [9.17, 15) is 0 Å². The van der Waals surface area contributed by atoms with E-state index >= 15 is 0 Å². The van der Waals surface area contributed by atoms with Gasteiger partial charge in [-0.15, -0.1) is 0 Å². The smallest absolute Gasteiger partial charge is 0.178 e. The van der Waals surface area contributed by atoms with Crippen molar-refractivity contribution in [2.45, 2.75) is 26.8 Å². The Kier molecular flexibility index (Phi) is 5.13. The highest BCUT2D eigenvalue weighted by molar-refractivity contribution is 7.71. The Morgan fingerprint density at radius 1 is 1.30 bits per heavy atom. The van der Waals surface area contributed by atoms with Crippen LogP contribution >= 0.6 is 35.4 Å². The minimum atomic E-state index is 0.161. The molecule has 110 valence electrons. The number of nitrogens with one attached hydrogen (secondary N) is 1. The van der Waals surface area contributed by atoms with Gasteiger partial charge in [0.05, 0.1) is 33.7 Å². The van der Waals surface area contributed by atoms with E-state index in [1.165, 1.54) is 0 Å². The molecule has 0 amide bonds. The van der Waals surface area contributed by atoms with Crippen LogP contribution in [0.25, 0.3) is 11.0 Å². The number of benzene rings is 1. The van der Waals surface area contributed by atoms with Crippen molar-refractivity contribution in [3.63, 3.8) is 0 Å². The Balaban J connectivity index is 2.59. The van der Waals surface area contributed by atoms with Crippen molar-refractivity contribution in [1.82, 2.24) is 9.55 Å². The van der Waals surface area contributed by atoms with E-state index in [1.807, 2.05) is 19.1 Å². The average Bonchev–Trinajstić information content (AvgIpc) is 2.67. The van der Waals surface area contributed by atoms with Crippen LogP contribution in [0.1, 0.15) is 26.8 Å². The summed E-state index contributed by atoms with van der Waals surface area (Å²) in [7, 11) is 0. The molecule has 1 aromatic heterocycles. The molecule has 2 aromatic rings. The topological polar surface area (TPSA) is 29.9 Å². The van der Waals surface area contributed by atoms with Gasteiger partial charge in [-0.05, 0) is 37.2 Å². The van der Waals surface area contributed by atoms with Gasteiger partial charge in [-0.1, -0.05) is 37.0 Å². The molecule has 3 nitrogen and oxygen atoms in total. The van der Waals surface area contributed by atoms with Gasteiger partial charge in [0.25, 0.3) is 0 Å². The molecule has 2 rings (SSSR count). The molecule has 1 unspecified atom stereocenters. The van der Waals surface area contributed by atoms with E-state index in [1.54, 1.807) is 0 Å². The summed E-state index contributed by atoms with van der Waals surface area (Å²) in [5, 5.41) is 1.05. The zero-order valence-corrected chi connectivity index (χ0v) is 14.1. The van der Waals surface area contributed by atoms with Crippen LogP contribution in [0.3, 0.4) is 0 Å². The molecule has 0 radical (unpaired) electrons. The highest BCUT2D eigenvalue weighted by Crippen LogP contribution is 2.31. The Bertz CT molecular complexity index is 663. The predicted molar refractivity (Wildman–Crippen MR) is 87.5 cm³/mol. The van der Waals surface area contributed by atoms with Crippen molar-refractivity contribution in [3.05, 3.63) is 26.9 Å². The third-order valence-corrected chi connectivity index (χ3v) is 4.37. The van der Waals surface area contributed by atoms with Crippen LogP contribution in [0.5, 0.6) is 0 Å². The minimum Gasteiger partial charge on any atom is -0.380 e. The first-order valence-electron chi connectivity index (χ1n) is 6.62. The molecule has 1 atom stereocenters. The molecule has 0 saturated carbocycles. The van der Waals surface area contributed by atoms with Crippen LogP contribution in [0, 0.1) is 10.7 Å². The molecule has 1 N–H and O–H groups in total. The number of hydrogen-bond donors (Lipinski definition) is 1. The molecular weight excluding hydrogens is 315 g/mol. The van der Waals surface area contributed by atoms with Crippen molar-refractivity contribution < 1.29 is 4.74 Å². The van der Waals surface area contributed by atoms with E-state index in [0.29, 0.717) is 33.9 Å². The van der Waals surface area contributed by atoms with Crippen LogP contribution in [0.4, 0.5) is 0 Å². The van der Waals surface area contributed by atoms with E-state index in [-0.39, 0.29) is 6.04 Å². The van der Waals surface area contributed by atoms with Gasteiger partial charge in [0.2, 0.25) is 0 Å². The Morgan fingerprint density at radius 2 is 1.95 bits per heavy atom. The minimum absolute atomic E-state index is 0.161. The Hall–Kier alpha value is -0.550. The lowest BCUT2D eigenvalue weighted by atomic mass is 10.1. The SMILES string of the molecule is CCOCC(C(C)C)n1c(=S)[nH]c2cc(Cl)c(Cl)cc21. The summed E-state index contributed by atoms with van der Waals surface area (Å²) in [5.74, 6) is 0.390. The normalized spacial score (nSPS) is 13.3. The second kappa shape index (κ2) is 6.48. The molecule has 0 fully saturated rings. The number of halogens is 2. The summed E-state index contributed by atoms with van der Waals surface area (Å²) in [5.41, 5.74) is 1.86. The van der Waals surface area contributed by atoms with Crippen molar-refractivity contribution in [1.29, 1.82) is 0 Å². The summed E-state index contributed by atoms with van der Waals surface area (Å²) in [6.45, 7) is 7.60. The third kappa shape index (κ3) is 3.03. The number of fused-ring (bicyclic) bond motifs is 1. The average molecular weight is 333 g/mol. The second-order valence-electron chi connectivity index (χ2n) is 5.05. The summed E-state index contributed by atoms with van der Waals surface area (Å²) in [6.07, 6.45) is 0. The molecule has 20 heavy (non-hydrogen) atoms. The number of aromatic nitrogens is 2. The van der Waals surface area contributed by atoms with E-state index in [0.717, 1.165) is 11.0 Å². The largest absolute Gasteiger partial charge is 0.380 e. The van der Waals surface area contributed by atoms with E-state index in [2.05, 4.69) is 23.4 Å². The first-order valence-corrected chi connectivity index (χ1v) is 7.79. The van der Waals surface area contributed by atoms with Crippen molar-refractivity contribution in [2.24, 2.45) is 5.92 Å². The lowest BCUT2D eigenvalue weighted by Gasteiger charge is -2.23. The maximum atomic E-state index is 6.13. The molecule has 0 bridgehead atoms. The van der Waals surface area contributed by atoms with Crippen molar-refractivity contribution in [3.8, 4) is 0 Å². The van der Waals surface area contributed by atoms with E-state index < -0.39 is 0 Å². The van der Waals surface area contributed by atoms with Gasteiger partial charge < -0.3 is 14.3 Å². The number of nitrogens with zero attached hydrogens (tertiary/aromatic N) is 1. The molecule has 0 saturated heterocycles. The van der Waals surface area contributed by atoms with E-state index in [4.69, 9.17) is 40.2 Å². The van der Waals surface area contributed by atoms with Gasteiger partial charge in [0.1, 0.15) is 0 Å². The number of H-pyrrole nitrogens is 1. The van der Waals surface area contributed by atoms with Gasteiger partial charge in [0.15, 0.2) is 4.77 Å². The van der Waals surface area contributed by atoms with Gasteiger partial charge in [-0.25, -0.2) is 0 Å². The Morgan fingerprint density at radius 3 is 2.55 bits per heavy atom. The molecule has 0 aliphatic heterocycles. The highest BCUT2D eigenvalue weighted by atomic mass is 35.5. The number of imidazole rings is 1. The Labute approximate surface area is 133 Å². The number of ether oxygens (including phenoxy) is 1. The number of hydrogen-bond acceptors (Lipinski definition) is 2. The van der Waals surface area contributed by atoms with Crippen LogP contribution in [-0.4, -0.2) is 22.8 Å². The van der Waals surface area contributed by atoms with Gasteiger partial charge in [0, 0.05) is 6.61 Å². The predicted octanol–water partition coefficient (Wildman–Crippen LogP) is 5.24. The highest BCUT2D eigenvalue weighted by Gasteiger charge is 2.20. The summed E-state index contributed by atoms with van der Waals surface area (Å²) in [4.78, 5) is 3.19. The van der Waals surface area contributed by atoms with Crippen LogP contribution in [0.2, 0.25) is 10.0 Å². The maximum Gasteiger partial charge on any atom is 0.178 e. The molecule has 0 spiro atoms. The zero-order valence-electron chi connectivity index (χ0n) is 11.7. The molecule has 1 heterocycles.